The number of halogens is 4. The van der Waals surface area contributed by atoms with Crippen molar-refractivity contribution in [2.24, 2.45) is 0 Å². The predicted octanol–water partition coefficient (Wildman–Crippen LogP) is 5.09. The van der Waals surface area contributed by atoms with E-state index in [0.717, 1.165) is 30.0 Å². The van der Waals surface area contributed by atoms with Gasteiger partial charge in [-0.3, -0.25) is 4.70 Å². The maximum atomic E-state index is 6.79. The van der Waals surface area contributed by atoms with Crippen LogP contribution in [0.2, 0.25) is 10.0 Å². The van der Waals surface area contributed by atoms with Gasteiger partial charge in [-0.25, -0.2) is 0 Å². The van der Waals surface area contributed by atoms with Gasteiger partial charge in [0.15, 0.2) is 0 Å². The van der Waals surface area contributed by atoms with E-state index in [9.17, 15) is 0 Å². The molecule has 118 valence electrons. The van der Waals surface area contributed by atoms with Gasteiger partial charge in [0.25, 0.3) is 0 Å². The summed E-state index contributed by atoms with van der Waals surface area (Å²) in [6, 6.07) is 7.69. The summed E-state index contributed by atoms with van der Waals surface area (Å²) in [6.07, 6.45) is 6.63. The van der Waals surface area contributed by atoms with Crippen molar-refractivity contribution in [3.63, 3.8) is 0 Å². The van der Waals surface area contributed by atoms with Crippen LogP contribution in [0, 0.1) is 0 Å². The number of fused-ring (bicyclic) bond motifs is 1. The number of nitrogens with zero attached hydrogens (tertiary/aromatic N) is 1. The molecule has 2 aromatic rings. The fourth-order valence-electron chi connectivity index (χ4n) is 3.17. The third-order valence-corrected chi connectivity index (χ3v) is 5.65. The average Bonchev–Trinajstić information content (AvgIpc) is 2.91. The summed E-state index contributed by atoms with van der Waals surface area (Å²) < 4.78 is 8.39. The summed E-state index contributed by atoms with van der Waals surface area (Å²) in [6.45, 7) is 0.690. The van der Waals surface area contributed by atoms with Crippen molar-refractivity contribution in [3.05, 3.63) is 52.3 Å². The molecule has 1 fully saturated rings. The fourth-order valence-corrected chi connectivity index (χ4v) is 3.78. The lowest BCUT2D eigenvalue weighted by Crippen LogP contribution is -2.49. The van der Waals surface area contributed by atoms with E-state index in [1.165, 1.54) is 5.56 Å². The molecule has 22 heavy (non-hydrogen) atoms. The Kier molecular flexibility index (Phi) is 3.87. The molecule has 1 aromatic carbocycles. The minimum atomic E-state index is -0.427. The van der Waals surface area contributed by atoms with Crippen molar-refractivity contribution in [2.75, 3.05) is 0 Å². The van der Waals surface area contributed by atoms with Gasteiger partial charge in [0.05, 0.1) is 16.4 Å². The van der Waals surface area contributed by atoms with Crippen LogP contribution in [0.25, 0.3) is 0 Å². The molecule has 1 atom stereocenters. The van der Waals surface area contributed by atoms with Crippen molar-refractivity contribution in [3.8, 4) is 5.75 Å². The van der Waals surface area contributed by atoms with Gasteiger partial charge >= 0.3 is 0 Å². The van der Waals surface area contributed by atoms with Crippen LogP contribution in [-0.4, -0.2) is 15.0 Å². The van der Waals surface area contributed by atoms with Gasteiger partial charge in [0, 0.05) is 23.8 Å². The van der Waals surface area contributed by atoms with Crippen LogP contribution in [0.3, 0.4) is 0 Å². The van der Waals surface area contributed by atoms with E-state index in [4.69, 9.17) is 39.5 Å². The van der Waals surface area contributed by atoms with Crippen molar-refractivity contribution >= 4 is 34.8 Å². The van der Waals surface area contributed by atoms with E-state index in [1.807, 2.05) is 36.7 Å². The topological polar surface area (TPSA) is 14.2 Å². The second-order valence-electron chi connectivity index (χ2n) is 5.99. The molecule has 1 aliphatic heterocycles. The molecule has 0 spiro atoms. The van der Waals surface area contributed by atoms with Crippen LogP contribution in [0.15, 0.2) is 36.7 Å². The molecule has 0 N–H and O–H groups in total. The largest absolute Gasteiger partial charge is 0.483 e. The Labute approximate surface area is 143 Å². The second kappa shape index (κ2) is 5.33. The molecule has 0 radical (unpaired) electrons. The summed E-state index contributed by atoms with van der Waals surface area (Å²) in [5.41, 5.74) is 0.744. The van der Waals surface area contributed by atoms with Crippen LogP contribution >= 0.6 is 34.8 Å². The van der Waals surface area contributed by atoms with Crippen molar-refractivity contribution < 1.29 is 9.44 Å². The lowest BCUT2D eigenvalue weighted by Gasteiger charge is -2.34. The minimum absolute atomic E-state index is 0. The van der Waals surface area contributed by atoms with Crippen molar-refractivity contribution in [2.45, 2.75) is 36.3 Å². The van der Waals surface area contributed by atoms with Crippen LogP contribution in [0.5, 0.6) is 5.75 Å². The quantitative estimate of drug-likeness (QED) is 0.693. The van der Waals surface area contributed by atoms with Gasteiger partial charge in [-0.15, -0.1) is 11.6 Å². The molecule has 0 amide bonds. The number of rotatable bonds is 3. The minimum Gasteiger partial charge on any atom is -0.483 e. The highest BCUT2D eigenvalue weighted by molar-refractivity contribution is 6.31. The van der Waals surface area contributed by atoms with Gasteiger partial charge in [-0.1, -0.05) is 29.3 Å². The molecule has 0 bridgehead atoms. The van der Waals surface area contributed by atoms with Gasteiger partial charge in [0.1, 0.15) is 11.4 Å². The number of hydrogen-bond donors (Lipinski definition) is 0. The van der Waals surface area contributed by atoms with Crippen molar-refractivity contribution in [1.82, 2.24) is 4.57 Å². The van der Waals surface area contributed by atoms with E-state index in [0.29, 0.717) is 11.6 Å². The molecular weight excluding hydrogens is 348 g/mol. The Balaban J connectivity index is 0.00000144. The average molecular weight is 363 g/mol. The van der Waals surface area contributed by atoms with E-state index >= 15 is 0 Å². The van der Waals surface area contributed by atoms with E-state index in [-0.39, 0.29) is 9.58 Å². The Morgan fingerprint density at radius 1 is 1.14 bits per heavy atom. The first-order valence-electron chi connectivity index (χ1n) is 6.97. The Bertz CT molecular complexity index is 709. The van der Waals surface area contributed by atoms with E-state index in [1.54, 1.807) is 0 Å². The Morgan fingerprint density at radius 3 is 2.55 bits per heavy atom. The summed E-state index contributed by atoms with van der Waals surface area (Å²) in [5.74, 6) is 0.854. The molecule has 4 rings (SSSR count). The maximum absolute atomic E-state index is 6.79. The number of hydrogen-bond acceptors (Lipinski definition) is 1. The molecule has 2 nitrogen and oxygen atoms in total. The smallest absolute Gasteiger partial charge is 0.150 e. The first-order valence-corrected chi connectivity index (χ1v) is 8.11. The van der Waals surface area contributed by atoms with E-state index < -0.39 is 5.60 Å². The first kappa shape index (κ1) is 16.0. The summed E-state index contributed by atoms with van der Waals surface area (Å²) in [5, 5.41) is 1.41. The highest BCUT2D eigenvalue weighted by Crippen LogP contribution is 2.57. The Hall–Kier alpha value is -0.900. The normalized spacial score (nSPS) is 24.3. The zero-order chi connectivity index (χ0) is 14.7. The third-order valence-electron chi connectivity index (χ3n) is 4.47. The molecule has 6 heteroatoms. The monoisotopic (exact) mass is 361 g/mol. The highest BCUT2D eigenvalue weighted by Gasteiger charge is 2.62. The van der Waals surface area contributed by atoms with Gasteiger partial charge < -0.3 is 9.30 Å². The standard InChI is InChI=1S/C16H14Cl3NO.FH/c17-12-2-1-11-8-16(15(19)4-5-15,21-14(11)7-12)10-20-6-3-13(18)9-20;/h1-3,6-7,9H,4-5,8,10H2;1H. The molecule has 1 aromatic heterocycles. The summed E-state index contributed by atoms with van der Waals surface area (Å²) in [7, 11) is 0. The maximum Gasteiger partial charge on any atom is 0.150 e. The molecule has 1 aliphatic carbocycles. The van der Waals surface area contributed by atoms with Gasteiger partial charge in [-0.05, 0) is 36.6 Å². The van der Waals surface area contributed by atoms with Crippen LogP contribution in [0.1, 0.15) is 18.4 Å². The summed E-state index contributed by atoms with van der Waals surface area (Å²) in [4.78, 5) is -0.296. The Morgan fingerprint density at radius 2 is 1.91 bits per heavy atom. The number of benzene rings is 1. The van der Waals surface area contributed by atoms with Crippen LogP contribution < -0.4 is 4.74 Å². The molecular formula is C16H15Cl3FNO. The number of ether oxygens (including phenoxy) is 1. The lowest BCUT2D eigenvalue weighted by molar-refractivity contribution is 0.0615. The number of alkyl halides is 1. The zero-order valence-electron chi connectivity index (χ0n) is 11.7. The highest BCUT2D eigenvalue weighted by atomic mass is 35.5. The van der Waals surface area contributed by atoms with Crippen molar-refractivity contribution in [1.29, 1.82) is 0 Å². The molecule has 1 unspecified atom stereocenters. The van der Waals surface area contributed by atoms with Gasteiger partial charge in [0.2, 0.25) is 0 Å². The molecule has 2 aliphatic rings. The first-order chi connectivity index (χ1) is 10.00. The fraction of sp³-hybridized carbons (Fsp3) is 0.375. The zero-order valence-corrected chi connectivity index (χ0v) is 14.0. The van der Waals surface area contributed by atoms with E-state index in [2.05, 4.69) is 4.57 Å². The predicted molar refractivity (Wildman–Crippen MR) is 88.3 cm³/mol. The van der Waals surface area contributed by atoms with Gasteiger partial charge in [-0.2, -0.15) is 0 Å². The molecule has 1 saturated carbocycles. The molecule has 0 saturated heterocycles. The lowest BCUT2D eigenvalue weighted by atomic mass is 9.91. The SMILES string of the molecule is Clc1ccc2c(c1)OC(Cn1ccc(Cl)c1)(C1(Cl)CC1)C2.F. The number of aromatic nitrogens is 1. The third kappa shape index (κ3) is 2.49. The van der Waals surface area contributed by atoms with Crippen LogP contribution in [0.4, 0.5) is 4.70 Å². The molecule has 2 heterocycles. The second-order valence-corrected chi connectivity index (χ2v) is 7.59. The summed E-state index contributed by atoms with van der Waals surface area (Å²) >= 11 is 18.9. The van der Waals surface area contributed by atoms with Crippen LogP contribution in [-0.2, 0) is 13.0 Å².